The molecule has 1 aromatic heterocycles. The highest BCUT2D eigenvalue weighted by Crippen LogP contribution is 2.43. The third kappa shape index (κ3) is 3.22. The molecule has 6 nitrogen and oxygen atoms in total. The largest absolute Gasteiger partial charge is 0.422 e. The summed E-state index contributed by atoms with van der Waals surface area (Å²) >= 11 is 0. The minimum atomic E-state index is -4.89. The van der Waals surface area contributed by atoms with Crippen LogP contribution in [-0.2, 0) is 23.4 Å². The van der Waals surface area contributed by atoms with Crippen LogP contribution in [0.3, 0.4) is 0 Å². The molecule has 2 aliphatic heterocycles. The fourth-order valence-electron chi connectivity index (χ4n) is 4.17. The van der Waals surface area contributed by atoms with E-state index in [1.807, 2.05) is 24.3 Å². The quantitative estimate of drug-likeness (QED) is 0.798. The Morgan fingerprint density at radius 1 is 1.34 bits per heavy atom. The van der Waals surface area contributed by atoms with Gasteiger partial charge >= 0.3 is 6.18 Å². The van der Waals surface area contributed by atoms with Gasteiger partial charge in [0.05, 0.1) is 6.54 Å². The zero-order valence-corrected chi connectivity index (χ0v) is 16.1. The lowest BCUT2D eigenvalue weighted by molar-refractivity contribution is -0.261. The lowest BCUT2D eigenvalue weighted by atomic mass is 9.87. The maximum absolute atomic E-state index is 13.3. The molecular formula is C20H22F3N3O3. The number of halogens is 3. The van der Waals surface area contributed by atoms with Gasteiger partial charge in [-0.2, -0.15) is 13.2 Å². The van der Waals surface area contributed by atoms with E-state index in [1.165, 1.54) is 0 Å². The summed E-state index contributed by atoms with van der Waals surface area (Å²) in [6.07, 6.45) is -4.06. The topological polar surface area (TPSA) is 78.6 Å². The number of nitrogens with one attached hydrogen (secondary N) is 1. The third-order valence-electron chi connectivity index (χ3n) is 5.80. The Hall–Kier alpha value is -2.39. The number of hydrogen-bond acceptors (Lipinski definition) is 5. The monoisotopic (exact) mass is 409 g/mol. The molecule has 0 fully saturated rings. The SMILES string of the molecule is C[C@H]1CN(C(=O)[C@H]2NCCc3ccccc32)Cc2onc(C(C)(O)C(F)(F)F)c21. The predicted molar refractivity (Wildman–Crippen MR) is 96.9 cm³/mol. The van der Waals surface area contributed by atoms with Crippen molar-refractivity contribution in [2.45, 2.75) is 50.6 Å². The van der Waals surface area contributed by atoms with Crippen LogP contribution in [0.15, 0.2) is 28.8 Å². The number of hydrogen-bond donors (Lipinski definition) is 2. The molecular weight excluding hydrogens is 387 g/mol. The molecule has 2 N–H and O–H groups in total. The first-order valence-electron chi connectivity index (χ1n) is 9.49. The first kappa shape index (κ1) is 19.9. The summed E-state index contributed by atoms with van der Waals surface area (Å²) in [7, 11) is 0. The third-order valence-corrected chi connectivity index (χ3v) is 5.80. The fourth-order valence-corrected chi connectivity index (χ4v) is 4.17. The standard InChI is InChI=1S/C20H22F3N3O3/c1-11-9-26(18(27)16-13-6-4-3-5-12(13)7-8-24-16)10-14-15(11)17(25-29-14)19(2,28)20(21,22)23/h3-6,11,16,24,28H,7-10H2,1-2H3/t11-,16-,19?/m0/s1. The van der Waals surface area contributed by atoms with Crippen molar-refractivity contribution in [2.75, 3.05) is 13.1 Å². The van der Waals surface area contributed by atoms with Crippen molar-refractivity contribution in [1.82, 2.24) is 15.4 Å². The molecule has 1 amide bonds. The van der Waals surface area contributed by atoms with Crippen molar-refractivity contribution in [3.8, 4) is 0 Å². The molecule has 156 valence electrons. The van der Waals surface area contributed by atoms with Crippen LogP contribution in [0, 0.1) is 0 Å². The number of aliphatic hydroxyl groups is 1. The van der Waals surface area contributed by atoms with Crippen molar-refractivity contribution in [2.24, 2.45) is 0 Å². The number of rotatable bonds is 2. The summed E-state index contributed by atoms with van der Waals surface area (Å²) in [5.74, 6) is -0.437. The molecule has 0 bridgehead atoms. The zero-order valence-electron chi connectivity index (χ0n) is 16.1. The number of carbonyl (C=O) groups excluding carboxylic acids is 1. The van der Waals surface area contributed by atoms with Gasteiger partial charge in [0.2, 0.25) is 11.5 Å². The molecule has 1 unspecified atom stereocenters. The summed E-state index contributed by atoms with van der Waals surface area (Å²) < 4.78 is 45.0. The van der Waals surface area contributed by atoms with E-state index in [4.69, 9.17) is 4.52 Å². The van der Waals surface area contributed by atoms with Crippen molar-refractivity contribution in [3.05, 3.63) is 52.4 Å². The van der Waals surface area contributed by atoms with Crippen LogP contribution in [0.4, 0.5) is 13.2 Å². The van der Waals surface area contributed by atoms with Crippen LogP contribution >= 0.6 is 0 Å². The second kappa shape index (κ2) is 6.84. The minimum Gasteiger partial charge on any atom is -0.375 e. The molecule has 0 spiro atoms. The first-order chi connectivity index (χ1) is 13.6. The second-order valence-electron chi connectivity index (χ2n) is 7.89. The average Bonchev–Trinajstić information content (AvgIpc) is 3.11. The van der Waals surface area contributed by atoms with Gasteiger partial charge in [-0.25, -0.2) is 0 Å². The van der Waals surface area contributed by atoms with Crippen molar-refractivity contribution >= 4 is 5.91 Å². The molecule has 2 aromatic rings. The first-order valence-corrected chi connectivity index (χ1v) is 9.49. The number of carbonyl (C=O) groups is 1. The lowest BCUT2D eigenvalue weighted by Crippen LogP contribution is -2.46. The molecule has 3 heterocycles. The van der Waals surface area contributed by atoms with Crippen molar-refractivity contribution in [1.29, 1.82) is 0 Å². The Morgan fingerprint density at radius 3 is 2.79 bits per heavy atom. The lowest BCUT2D eigenvalue weighted by Gasteiger charge is -2.36. The van der Waals surface area contributed by atoms with Gasteiger partial charge in [-0.15, -0.1) is 0 Å². The second-order valence-corrected chi connectivity index (χ2v) is 7.89. The number of aromatic nitrogens is 1. The van der Waals surface area contributed by atoms with E-state index >= 15 is 0 Å². The number of amides is 1. The maximum Gasteiger partial charge on any atom is 0.422 e. The average molecular weight is 409 g/mol. The van der Waals surface area contributed by atoms with Crippen LogP contribution in [0.1, 0.15) is 54.0 Å². The van der Waals surface area contributed by atoms with Gasteiger partial charge in [-0.1, -0.05) is 36.3 Å². The molecule has 1 aromatic carbocycles. The highest BCUT2D eigenvalue weighted by atomic mass is 19.4. The maximum atomic E-state index is 13.3. The molecule has 0 saturated heterocycles. The molecule has 0 radical (unpaired) electrons. The van der Waals surface area contributed by atoms with E-state index in [1.54, 1.807) is 11.8 Å². The van der Waals surface area contributed by atoms with Gasteiger partial charge in [0.1, 0.15) is 11.7 Å². The molecule has 29 heavy (non-hydrogen) atoms. The number of fused-ring (bicyclic) bond motifs is 2. The van der Waals surface area contributed by atoms with Gasteiger partial charge in [-0.05, 0) is 24.5 Å². The fraction of sp³-hybridized carbons (Fsp3) is 0.500. The van der Waals surface area contributed by atoms with E-state index in [-0.39, 0.29) is 30.3 Å². The molecule has 4 rings (SSSR count). The van der Waals surface area contributed by atoms with E-state index in [0.717, 1.165) is 17.5 Å². The Kier molecular flexibility index (Phi) is 4.70. The van der Waals surface area contributed by atoms with Gasteiger partial charge in [0.15, 0.2) is 5.76 Å². The number of benzene rings is 1. The van der Waals surface area contributed by atoms with Gasteiger partial charge < -0.3 is 19.8 Å². The smallest absolute Gasteiger partial charge is 0.375 e. The highest BCUT2D eigenvalue weighted by Gasteiger charge is 2.55. The van der Waals surface area contributed by atoms with E-state index in [0.29, 0.717) is 13.5 Å². The summed E-state index contributed by atoms with van der Waals surface area (Å²) in [5.41, 5.74) is -1.39. The molecule has 0 saturated carbocycles. The summed E-state index contributed by atoms with van der Waals surface area (Å²) in [4.78, 5) is 14.8. The van der Waals surface area contributed by atoms with Gasteiger partial charge in [-0.3, -0.25) is 4.79 Å². The highest BCUT2D eigenvalue weighted by molar-refractivity contribution is 5.84. The van der Waals surface area contributed by atoms with Gasteiger partial charge in [0, 0.05) is 24.6 Å². The van der Waals surface area contributed by atoms with Crippen molar-refractivity contribution < 1.29 is 27.6 Å². The van der Waals surface area contributed by atoms with Crippen molar-refractivity contribution in [3.63, 3.8) is 0 Å². The van der Waals surface area contributed by atoms with Crippen LogP contribution in [0.5, 0.6) is 0 Å². The minimum absolute atomic E-state index is 0.0137. The Bertz CT molecular complexity index is 939. The summed E-state index contributed by atoms with van der Waals surface area (Å²) in [6.45, 7) is 3.27. The number of nitrogens with zero attached hydrogens (tertiary/aromatic N) is 2. The van der Waals surface area contributed by atoms with E-state index in [2.05, 4.69) is 10.5 Å². The number of alkyl halides is 3. The Labute approximate surface area is 165 Å². The van der Waals surface area contributed by atoms with Crippen LogP contribution in [-0.4, -0.2) is 40.3 Å². The zero-order chi connectivity index (χ0) is 21.0. The predicted octanol–water partition coefficient (Wildman–Crippen LogP) is 2.78. The van der Waals surface area contributed by atoms with Crippen LogP contribution < -0.4 is 5.32 Å². The van der Waals surface area contributed by atoms with E-state index in [9.17, 15) is 23.1 Å². The van der Waals surface area contributed by atoms with E-state index < -0.39 is 29.4 Å². The molecule has 9 heteroatoms. The summed E-state index contributed by atoms with van der Waals surface area (Å²) in [5, 5.41) is 16.8. The van der Waals surface area contributed by atoms with Crippen LogP contribution in [0.2, 0.25) is 0 Å². The molecule has 2 aliphatic rings. The Balaban J connectivity index is 1.62. The molecule has 3 atom stereocenters. The Morgan fingerprint density at radius 2 is 2.07 bits per heavy atom. The summed E-state index contributed by atoms with van der Waals surface area (Å²) in [6, 6.07) is 7.22. The molecule has 0 aliphatic carbocycles. The van der Waals surface area contributed by atoms with Crippen LogP contribution in [0.25, 0.3) is 0 Å². The normalized spacial score (nSPS) is 23.9. The van der Waals surface area contributed by atoms with Gasteiger partial charge in [0.25, 0.3) is 0 Å².